The molecule has 1 saturated carbocycles. The van der Waals surface area contributed by atoms with Gasteiger partial charge in [0, 0.05) is 32.1 Å². The summed E-state index contributed by atoms with van der Waals surface area (Å²) in [6.45, 7) is 0.725. The van der Waals surface area contributed by atoms with E-state index in [-0.39, 0.29) is 22.5 Å². The van der Waals surface area contributed by atoms with Crippen molar-refractivity contribution in [3.8, 4) is 0 Å². The zero-order chi connectivity index (χ0) is 20.8. The summed E-state index contributed by atoms with van der Waals surface area (Å²) in [5.74, 6) is 0.337. The number of aromatic nitrogens is 3. The molecule has 1 saturated heterocycles. The lowest BCUT2D eigenvalue weighted by Crippen LogP contribution is -2.38. The van der Waals surface area contributed by atoms with Crippen LogP contribution < -0.4 is 5.69 Å². The van der Waals surface area contributed by atoms with E-state index in [0.717, 1.165) is 18.7 Å². The zero-order valence-corrected chi connectivity index (χ0v) is 17.3. The summed E-state index contributed by atoms with van der Waals surface area (Å²) >= 11 is 0. The maximum absolute atomic E-state index is 13.0. The van der Waals surface area contributed by atoms with E-state index in [1.54, 1.807) is 11.6 Å². The zero-order valence-electron chi connectivity index (χ0n) is 16.4. The van der Waals surface area contributed by atoms with Gasteiger partial charge in [-0.15, -0.1) is 0 Å². The van der Waals surface area contributed by atoms with E-state index >= 15 is 0 Å². The van der Waals surface area contributed by atoms with Gasteiger partial charge in [0.2, 0.25) is 10.0 Å². The van der Waals surface area contributed by atoms with E-state index in [1.165, 1.54) is 40.4 Å². The molecule has 156 valence electrons. The smallest absolute Gasteiger partial charge is 0.345 e. The number of carbonyl (C=O) groups is 1. The second kappa shape index (κ2) is 7.42. The van der Waals surface area contributed by atoms with Crippen LogP contribution in [0, 0.1) is 0 Å². The van der Waals surface area contributed by atoms with Crippen molar-refractivity contribution in [1.29, 1.82) is 0 Å². The Morgan fingerprint density at radius 1 is 1.10 bits per heavy atom. The molecule has 0 atom stereocenters. The molecule has 2 heterocycles. The van der Waals surface area contributed by atoms with Crippen molar-refractivity contribution in [2.75, 3.05) is 20.2 Å². The molecule has 1 aromatic heterocycles. The Morgan fingerprint density at radius 3 is 2.28 bits per heavy atom. The molecule has 2 aliphatic rings. The Bertz CT molecular complexity index is 1070. The summed E-state index contributed by atoms with van der Waals surface area (Å²) in [7, 11) is -0.713. The highest BCUT2D eigenvalue weighted by Gasteiger charge is 2.36. The summed E-state index contributed by atoms with van der Waals surface area (Å²) in [5, 5.41) is 4.43. The van der Waals surface area contributed by atoms with Crippen LogP contribution in [0.25, 0.3) is 0 Å². The van der Waals surface area contributed by atoms with Gasteiger partial charge < -0.3 is 4.74 Å². The normalized spacial score (nSPS) is 18.7. The van der Waals surface area contributed by atoms with Crippen molar-refractivity contribution < 1.29 is 17.9 Å². The van der Waals surface area contributed by atoms with E-state index < -0.39 is 16.0 Å². The summed E-state index contributed by atoms with van der Waals surface area (Å²) in [5.41, 5.74) is 0.210. The predicted octanol–water partition coefficient (Wildman–Crippen LogP) is 1.27. The van der Waals surface area contributed by atoms with Gasteiger partial charge in [-0.25, -0.2) is 22.7 Å². The Kier molecular flexibility index (Phi) is 5.07. The van der Waals surface area contributed by atoms with Crippen molar-refractivity contribution in [2.45, 2.75) is 42.5 Å². The molecule has 0 spiro atoms. The van der Waals surface area contributed by atoms with E-state index in [1.807, 2.05) is 0 Å². The molecule has 0 N–H and O–H groups in total. The van der Waals surface area contributed by atoms with Crippen LogP contribution in [-0.4, -0.2) is 53.2 Å². The van der Waals surface area contributed by atoms with Gasteiger partial charge in [0.25, 0.3) is 0 Å². The first-order valence-corrected chi connectivity index (χ1v) is 11.1. The minimum absolute atomic E-state index is 0.0673. The third kappa shape index (κ3) is 3.62. The number of carbonyl (C=O) groups excluding carboxylic acids is 1. The molecule has 9 nitrogen and oxygen atoms in total. The standard InChI is InChI=1S/C19H24N4O5S/c1-21-19(25)23(15-5-6-15)17(20-21)13-9-11-22(12-10-13)29(26,27)16-7-3-14(4-8-16)18(24)28-2/h3-4,7-8,13,15H,5-6,9-12H2,1-2H3. The van der Waals surface area contributed by atoms with Crippen LogP contribution in [0.15, 0.2) is 34.0 Å². The molecule has 0 unspecified atom stereocenters. The maximum atomic E-state index is 13.0. The molecule has 0 radical (unpaired) electrons. The van der Waals surface area contributed by atoms with Crippen molar-refractivity contribution in [3.05, 3.63) is 46.1 Å². The summed E-state index contributed by atoms with van der Waals surface area (Å²) in [6.07, 6.45) is 3.21. The lowest BCUT2D eigenvalue weighted by Gasteiger charge is -2.30. The van der Waals surface area contributed by atoms with E-state index in [4.69, 9.17) is 0 Å². The van der Waals surface area contributed by atoms with Crippen molar-refractivity contribution >= 4 is 16.0 Å². The van der Waals surface area contributed by atoms with Crippen LogP contribution in [0.3, 0.4) is 0 Å². The lowest BCUT2D eigenvalue weighted by atomic mass is 9.97. The Labute approximate surface area is 168 Å². The van der Waals surface area contributed by atoms with Gasteiger partial charge in [-0.1, -0.05) is 0 Å². The highest BCUT2D eigenvalue weighted by atomic mass is 32.2. The second-order valence-corrected chi connectivity index (χ2v) is 9.50. The number of methoxy groups -OCH3 is 1. The molecule has 29 heavy (non-hydrogen) atoms. The monoisotopic (exact) mass is 420 g/mol. The average Bonchev–Trinajstić information content (AvgIpc) is 3.53. The van der Waals surface area contributed by atoms with Crippen molar-refractivity contribution in [2.24, 2.45) is 7.05 Å². The molecule has 0 amide bonds. The number of hydrogen-bond donors (Lipinski definition) is 0. The van der Waals surface area contributed by atoms with Crippen LogP contribution in [-0.2, 0) is 21.8 Å². The number of aryl methyl sites for hydroxylation is 1. The number of sulfonamides is 1. The third-order valence-electron chi connectivity index (χ3n) is 5.63. The highest BCUT2D eigenvalue weighted by Crippen LogP contribution is 2.38. The van der Waals surface area contributed by atoms with Gasteiger partial charge in [-0.2, -0.15) is 9.40 Å². The fourth-order valence-corrected chi connectivity index (χ4v) is 5.31. The van der Waals surface area contributed by atoms with E-state index in [0.29, 0.717) is 31.5 Å². The van der Waals surface area contributed by atoms with Crippen LogP contribution in [0.2, 0.25) is 0 Å². The number of rotatable bonds is 5. The number of nitrogens with zero attached hydrogens (tertiary/aromatic N) is 4. The molecule has 1 aliphatic heterocycles. The fourth-order valence-electron chi connectivity index (χ4n) is 3.84. The molecule has 1 aromatic carbocycles. The summed E-state index contributed by atoms with van der Waals surface area (Å²) in [6, 6.07) is 6.00. The van der Waals surface area contributed by atoms with Crippen LogP contribution in [0.1, 0.15) is 53.8 Å². The lowest BCUT2D eigenvalue weighted by molar-refractivity contribution is 0.0600. The van der Waals surface area contributed by atoms with Gasteiger partial charge in [0.15, 0.2) is 0 Å². The first kappa shape index (κ1) is 19.8. The average molecular weight is 420 g/mol. The quantitative estimate of drug-likeness (QED) is 0.675. The van der Waals surface area contributed by atoms with Gasteiger partial charge in [-0.3, -0.25) is 4.57 Å². The van der Waals surface area contributed by atoms with Gasteiger partial charge >= 0.3 is 11.7 Å². The number of benzene rings is 1. The third-order valence-corrected chi connectivity index (χ3v) is 7.54. The van der Waals surface area contributed by atoms with Crippen LogP contribution in [0.4, 0.5) is 0 Å². The Hall–Kier alpha value is -2.46. The molecule has 2 aromatic rings. The first-order valence-electron chi connectivity index (χ1n) is 9.67. The molecule has 0 bridgehead atoms. The van der Waals surface area contributed by atoms with Crippen molar-refractivity contribution in [3.63, 3.8) is 0 Å². The largest absolute Gasteiger partial charge is 0.465 e. The molecule has 4 rings (SSSR count). The SMILES string of the molecule is COC(=O)c1ccc(S(=O)(=O)N2CCC(c3nn(C)c(=O)n3C3CC3)CC2)cc1. The Morgan fingerprint density at radius 2 is 1.72 bits per heavy atom. The minimum atomic E-state index is -3.65. The van der Waals surface area contributed by atoms with Gasteiger partial charge in [-0.05, 0) is 49.9 Å². The molecular formula is C19H24N4O5S. The number of ether oxygens (including phenoxy) is 1. The minimum Gasteiger partial charge on any atom is -0.465 e. The van der Waals surface area contributed by atoms with Crippen LogP contribution in [0.5, 0.6) is 0 Å². The van der Waals surface area contributed by atoms with Gasteiger partial charge in [0.05, 0.1) is 17.6 Å². The van der Waals surface area contributed by atoms with Crippen LogP contribution >= 0.6 is 0 Å². The number of piperidine rings is 1. The predicted molar refractivity (Wildman–Crippen MR) is 104 cm³/mol. The number of hydrogen-bond acceptors (Lipinski definition) is 6. The van der Waals surface area contributed by atoms with E-state index in [9.17, 15) is 18.0 Å². The highest BCUT2D eigenvalue weighted by molar-refractivity contribution is 7.89. The fraction of sp³-hybridized carbons (Fsp3) is 0.526. The second-order valence-electron chi connectivity index (χ2n) is 7.56. The molecule has 1 aliphatic carbocycles. The molecule has 2 fully saturated rings. The van der Waals surface area contributed by atoms with E-state index in [2.05, 4.69) is 9.84 Å². The summed E-state index contributed by atoms with van der Waals surface area (Å²) < 4.78 is 35.2. The van der Waals surface area contributed by atoms with Crippen molar-refractivity contribution in [1.82, 2.24) is 18.7 Å². The topological polar surface area (TPSA) is 104 Å². The molecular weight excluding hydrogens is 396 g/mol. The Balaban J connectivity index is 1.49. The van der Waals surface area contributed by atoms with Gasteiger partial charge in [0.1, 0.15) is 5.82 Å². The summed E-state index contributed by atoms with van der Waals surface area (Å²) in [4.78, 5) is 24.0. The maximum Gasteiger partial charge on any atom is 0.345 e. The molecule has 10 heteroatoms. The number of esters is 1. The first-order chi connectivity index (χ1) is 13.8.